The first-order chi connectivity index (χ1) is 8.63. The van der Waals surface area contributed by atoms with Crippen LogP contribution in [0.2, 0.25) is 0 Å². The van der Waals surface area contributed by atoms with Gasteiger partial charge >= 0.3 is 0 Å². The highest BCUT2D eigenvalue weighted by molar-refractivity contribution is 9.10. The smallest absolute Gasteiger partial charge is 0.170 e. The SMILES string of the molecule is CCNCc1nnnn1-c1cc(Br)c(F)cc1F. The minimum atomic E-state index is -0.722. The number of benzene rings is 1. The molecule has 0 aliphatic heterocycles. The van der Waals surface area contributed by atoms with Crippen molar-refractivity contribution in [1.29, 1.82) is 0 Å². The molecular weight excluding hydrogens is 308 g/mol. The van der Waals surface area contributed by atoms with Gasteiger partial charge in [-0.05, 0) is 39.0 Å². The summed E-state index contributed by atoms with van der Waals surface area (Å²) in [5.74, 6) is -0.937. The van der Waals surface area contributed by atoms with Crippen LogP contribution < -0.4 is 5.32 Å². The van der Waals surface area contributed by atoms with Crippen LogP contribution in [0.5, 0.6) is 0 Å². The summed E-state index contributed by atoms with van der Waals surface area (Å²) >= 11 is 3.00. The Labute approximate surface area is 110 Å². The van der Waals surface area contributed by atoms with E-state index in [-0.39, 0.29) is 10.2 Å². The molecule has 5 nitrogen and oxygen atoms in total. The Kier molecular flexibility index (Phi) is 3.97. The van der Waals surface area contributed by atoms with E-state index in [2.05, 4.69) is 36.8 Å². The van der Waals surface area contributed by atoms with Gasteiger partial charge in [-0.1, -0.05) is 6.92 Å². The van der Waals surface area contributed by atoms with Crippen LogP contribution in [0, 0.1) is 11.6 Å². The van der Waals surface area contributed by atoms with Gasteiger partial charge in [0.2, 0.25) is 0 Å². The van der Waals surface area contributed by atoms with E-state index in [1.165, 1.54) is 10.7 Å². The topological polar surface area (TPSA) is 55.6 Å². The Morgan fingerprint density at radius 2 is 2.11 bits per heavy atom. The second-order valence-electron chi connectivity index (χ2n) is 3.50. The maximum Gasteiger partial charge on any atom is 0.170 e. The molecule has 2 aromatic rings. The molecule has 0 aliphatic rings. The molecule has 8 heteroatoms. The zero-order chi connectivity index (χ0) is 13.1. The zero-order valence-electron chi connectivity index (χ0n) is 9.49. The summed E-state index contributed by atoms with van der Waals surface area (Å²) in [6, 6.07) is 2.09. The third kappa shape index (κ3) is 2.54. The van der Waals surface area contributed by atoms with Crippen LogP contribution in [-0.2, 0) is 6.54 Å². The molecule has 0 fully saturated rings. The van der Waals surface area contributed by atoms with Crippen molar-refractivity contribution >= 4 is 15.9 Å². The number of nitrogens with one attached hydrogen (secondary N) is 1. The van der Waals surface area contributed by atoms with Gasteiger partial charge < -0.3 is 5.32 Å². The van der Waals surface area contributed by atoms with Gasteiger partial charge in [0, 0.05) is 6.07 Å². The first-order valence-electron chi connectivity index (χ1n) is 5.26. The summed E-state index contributed by atoms with van der Waals surface area (Å²) in [5, 5.41) is 14.0. The normalized spacial score (nSPS) is 10.9. The second kappa shape index (κ2) is 5.49. The molecular formula is C10H10BrF2N5. The van der Waals surface area contributed by atoms with Gasteiger partial charge in [-0.25, -0.2) is 8.78 Å². The van der Waals surface area contributed by atoms with Crippen molar-refractivity contribution in [1.82, 2.24) is 25.5 Å². The van der Waals surface area contributed by atoms with E-state index in [0.29, 0.717) is 12.4 Å². The Balaban J connectivity index is 2.42. The average molecular weight is 318 g/mol. The van der Waals surface area contributed by atoms with Gasteiger partial charge in [0.05, 0.1) is 11.0 Å². The third-order valence-corrected chi connectivity index (χ3v) is 2.89. The lowest BCUT2D eigenvalue weighted by Crippen LogP contribution is -2.16. The number of aromatic nitrogens is 4. The fourth-order valence-electron chi connectivity index (χ4n) is 1.41. The Bertz CT molecular complexity index is 557. The molecule has 0 radical (unpaired) electrons. The summed E-state index contributed by atoms with van der Waals surface area (Å²) in [6.07, 6.45) is 0. The fraction of sp³-hybridized carbons (Fsp3) is 0.300. The van der Waals surface area contributed by atoms with Crippen molar-refractivity contribution in [2.45, 2.75) is 13.5 Å². The van der Waals surface area contributed by atoms with E-state index in [0.717, 1.165) is 12.6 Å². The fourth-order valence-corrected chi connectivity index (χ4v) is 1.75. The minimum Gasteiger partial charge on any atom is -0.310 e. The molecule has 18 heavy (non-hydrogen) atoms. The summed E-state index contributed by atoms with van der Waals surface area (Å²) in [4.78, 5) is 0. The molecule has 0 spiro atoms. The molecule has 1 N–H and O–H groups in total. The summed E-state index contributed by atoms with van der Waals surface area (Å²) in [6.45, 7) is 3.07. The lowest BCUT2D eigenvalue weighted by molar-refractivity contribution is 0.562. The van der Waals surface area contributed by atoms with E-state index in [4.69, 9.17) is 0 Å². The van der Waals surface area contributed by atoms with Crippen LogP contribution in [0.4, 0.5) is 8.78 Å². The van der Waals surface area contributed by atoms with Crippen LogP contribution in [0.25, 0.3) is 5.69 Å². The van der Waals surface area contributed by atoms with E-state index >= 15 is 0 Å². The maximum absolute atomic E-state index is 13.7. The maximum atomic E-state index is 13.7. The summed E-state index contributed by atoms with van der Waals surface area (Å²) in [7, 11) is 0. The third-order valence-electron chi connectivity index (χ3n) is 2.29. The van der Waals surface area contributed by atoms with Crippen LogP contribution >= 0.6 is 15.9 Å². The first kappa shape index (κ1) is 13.0. The molecule has 2 rings (SSSR count). The standard InChI is InChI=1S/C10H10BrF2N5/c1-2-14-5-10-15-16-17-18(10)9-3-6(11)7(12)4-8(9)13/h3-4,14H,2,5H2,1H3. The van der Waals surface area contributed by atoms with Crippen LogP contribution in [0.15, 0.2) is 16.6 Å². The number of halogens is 3. The van der Waals surface area contributed by atoms with Gasteiger partial charge in [-0.15, -0.1) is 5.10 Å². The average Bonchev–Trinajstić information content (AvgIpc) is 2.79. The van der Waals surface area contributed by atoms with Crippen LogP contribution in [-0.4, -0.2) is 26.8 Å². The van der Waals surface area contributed by atoms with Gasteiger partial charge in [-0.3, -0.25) is 0 Å². The highest BCUT2D eigenvalue weighted by Crippen LogP contribution is 2.22. The molecule has 1 aromatic carbocycles. The monoisotopic (exact) mass is 317 g/mol. The number of hydrogen-bond acceptors (Lipinski definition) is 4. The highest BCUT2D eigenvalue weighted by atomic mass is 79.9. The molecule has 0 amide bonds. The van der Waals surface area contributed by atoms with Crippen molar-refractivity contribution < 1.29 is 8.78 Å². The van der Waals surface area contributed by atoms with Gasteiger partial charge in [0.25, 0.3) is 0 Å². The quantitative estimate of drug-likeness (QED) is 0.874. The second-order valence-corrected chi connectivity index (χ2v) is 4.36. The zero-order valence-corrected chi connectivity index (χ0v) is 11.1. The van der Waals surface area contributed by atoms with E-state index in [1.807, 2.05) is 6.92 Å². The first-order valence-corrected chi connectivity index (χ1v) is 6.05. The molecule has 1 heterocycles. The van der Waals surface area contributed by atoms with Gasteiger partial charge in [0.15, 0.2) is 11.6 Å². The van der Waals surface area contributed by atoms with E-state index < -0.39 is 11.6 Å². The van der Waals surface area contributed by atoms with Crippen LogP contribution in [0.3, 0.4) is 0 Å². The largest absolute Gasteiger partial charge is 0.310 e. The van der Waals surface area contributed by atoms with Gasteiger partial charge in [0.1, 0.15) is 11.5 Å². The molecule has 0 saturated heterocycles. The molecule has 96 valence electrons. The number of nitrogens with zero attached hydrogens (tertiary/aromatic N) is 4. The van der Waals surface area contributed by atoms with Crippen molar-refractivity contribution in [2.24, 2.45) is 0 Å². The molecule has 0 bridgehead atoms. The Morgan fingerprint density at radius 1 is 1.33 bits per heavy atom. The molecule has 0 atom stereocenters. The Morgan fingerprint density at radius 3 is 2.83 bits per heavy atom. The molecule has 0 unspecified atom stereocenters. The van der Waals surface area contributed by atoms with Crippen LogP contribution in [0.1, 0.15) is 12.7 Å². The van der Waals surface area contributed by atoms with Crippen molar-refractivity contribution in [3.63, 3.8) is 0 Å². The van der Waals surface area contributed by atoms with E-state index in [9.17, 15) is 8.78 Å². The lowest BCUT2D eigenvalue weighted by atomic mass is 10.3. The lowest BCUT2D eigenvalue weighted by Gasteiger charge is -2.07. The highest BCUT2D eigenvalue weighted by Gasteiger charge is 2.14. The molecule has 1 aromatic heterocycles. The molecule has 0 saturated carbocycles. The van der Waals surface area contributed by atoms with Crippen molar-refractivity contribution in [3.05, 3.63) is 34.1 Å². The van der Waals surface area contributed by atoms with E-state index in [1.54, 1.807) is 0 Å². The van der Waals surface area contributed by atoms with Gasteiger partial charge in [-0.2, -0.15) is 4.68 Å². The molecule has 0 aliphatic carbocycles. The predicted molar refractivity (Wildman–Crippen MR) is 64.2 cm³/mol. The summed E-state index contributed by atoms with van der Waals surface area (Å²) in [5.41, 5.74) is 0.0983. The summed E-state index contributed by atoms with van der Waals surface area (Å²) < 4.78 is 28.2. The van der Waals surface area contributed by atoms with Crippen molar-refractivity contribution in [3.8, 4) is 5.69 Å². The van der Waals surface area contributed by atoms with Crippen molar-refractivity contribution in [2.75, 3.05) is 6.54 Å². The number of hydrogen-bond donors (Lipinski definition) is 1. The Hall–Kier alpha value is -1.41. The number of tetrazole rings is 1. The predicted octanol–water partition coefficient (Wildman–Crippen LogP) is 1.81. The number of rotatable bonds is 4. The minimum absolute atomic E-state index is 0.0983.